The van der Waals surface area contributed by atoms with E-state index >= 15 is 0 Å². The van der Waals surface area contributed by atoms with Crippen molar-refractivity contribution >= 4 is 16.9 Å². The van der Waals surface area contributed by atoms with Gasteiger partial charge in [-0.25, -0.2) is 0 Å². The second-order valence-electron chi connectivity index (χ2n) is 3.56. The smallest absolute Gasteiger partial charge is 0.185 e. The van der Waals surface area contributed by atoms with Gasteiger partial charge in [-0.05, 0) is 11.6 Å². The lowest BCUT2D eigenvalue weighted by Gasteiger charge is -2.16. The first-order valence-electron chi connectivity index (χ1n) is 5.09. The molecule has 0 aliphatic carbocycles. The van der Waals surface area contributed by atoms with Gasteiger partial charge >= 0.3 is 0 Å². The SMILES string of the molecule is CC(=O)SCC(O)C(O)c1ccc(CO)cn1. The van der Waals surface area contributed by atoms with Crippen molar-refractivity contribution in [3.63, 3.8) is 0 Å². The summed E-state index contributed by atoms with van der Waals surface area (Å²) in [5, 5.41) is 28.1. The molecule has 2 atom stereocenters. The molecule has 17 heavy (non-hydrogen) atoms. The lowest BCUT2D eigenvalue weighted by molar-refractivity contribution is -0.109. The predicted molar refractivity (Wildman–Crippen MR) is 64.3 cm³/mol. The molecule has 0 saturated carbocycles. The van der Waals surface area contributed by atoms with Crippen molar-refractivity contribution in [1.29, 1.82) is 0 Å². The first-order valence-corrected chi connectivity index (χ1v) is 6.08. The average Bonchev–Trinajstić information content (AvgIpc) is 2.35. The molecule has 1 aromatic rings. The monoisotopic (exact) mass is 257 g/mol. The van der Waals surface area contributed by atoms with Crippen LogP contribution in [0.4, 0.5) is 0 Å². The van der Waals surface area contributed by atoms with Crippen LogP contribution >= 0.6 is 11.8 Å². The van der Waals surface area contributed by atoms with Crippen molar-refractivity contribution in [2.45, 2.75) is 25.7 Å². The maximum Gasteiger partial charge on any atom is 0.185 e. The van der Waals surface area contributed by atoms with Gasteiger partial charge in [-0.2, -0.15) is 0 Å². The largest absolute Gasteiger partial charge is 0.392 e. The maximum absolute atomic E-state index is 10.7. The third kappa shape index (κ3) is 4.43. The van der Waals surface area contributed by atoms with Crippen molar-refractivity contribution in [1.82, 2.24) is 4.98 Å². The highest BCUT2D eigenvalue weighted by Gasteiger charge is 2.20. The van der Waals surface area contributed by atoms with Gasteiger partial charge in [0.25, 0.3) is 0 Å². The summed E-state index contributed by atoms with van der Waals surface area (Å²) in [6, 6.07) is 3.16. The Morgan fingerprint density at radius 3 is 2.65 bits per heavy atom. The molecule has 0 amide bonds. The summed E-state index contributed by atoms with van der Waals surface area (Å²) in [7, 11) is 0. The van der Waals surface area contributed by atoms with Gasteiger partial charge in [0.15, 0.2) is 5.12 Å². The van der Waals surface area contributed by atoms with E-state index in [9.17, 15) is 15.0 Å². The summed E-state index contributed by atoms with van der Waals surface area (Å²) in [5.41, 5.74) is 0.951. The van der Waals surface area contributed by atoms with Crippen LogP contribution in [0.15, 0.2) is 18.3 Å². The zero-order chi connectivity index (χ0) is 12.8. The Hall–Kier alpha value is -0.950. The minimum absolute atomic E-state index is 0.111. The predicted octanol–water partition coefficient (Wildman–Crippen LogP) is 0.248. The number of nitrogens with zero attached hydrogens (tertiary/aromatic N) is 1. The lowest BCUT2D eigenvalue weighted by atomic mass is 10.1. The Bertz CT molecular complexity index is 368. The summed E-state index contributed by atoms with van der Waals surface area (Å²) < 4.78 is 0. The number of carbonyl (C=O) groups is 1. The highest BCUT2D eigenvalue weighted by Crippen LogP contribution is 2.18. The molecular formula is C11H15NO4S. The fraction of sp³-hybridized carbons (Fsp3) is 0.455. The van der Waals surface area contributed by atoms with Gasteiger partial charge < -0.3 is 15.3 Å². The van der Waals surface area contributed by atoms with E-state index < -0.39 is 12.2 Å². The second-order valence-corrected chi connectivity index (χ2v) is 4.76. The van der Waals surface area contributed by atoms with Crippen molar-refractivity contribution in [3.8, 4) is 0 Å². The lowest BCUT2D eigenvalue weighted by Crippen LogP contribution is -2.22. The average molecular weight is 257 g/mol. The molecule has 94 valence electrons. The molecule has 3 N–H and O–H groups in total. The number of rotatable bonds is 5. The number of aromatic nitrogens is 1. The Labute approximate surface area is 104 Å². The minimum atomic E-state index is -1.13. The van der Waals surface area contributed by atoms with Crippen LogP contribution in [-0.4, -0.2) is 37.3 Å². The molecule has 0 aromatic carbocycles. The van der Waals surface area contributed by atoms with Crippen molar-refractivity contribution in [3.05, 3.63) is 29.6 Å². The Morgan fingerprint density at radius 1 is 1.47 bits per heavy atom. The summed E-state index contributed by atoms with van der Waals surface area (Å²) in [6.07, 6.45) is -0.741. The molecule has 6 heteroatoms. The van der Waals surface area contributed by atoms with E-state index in [1.165, 1.54) is 19.2 Å². The molecule has 0 aliphatic rings. The van der Waals surface area contributed by atoms with Gasteiger partial charge in [0.2, 0.25) is 0 Å². The molecule has 1 heterocycles. The Morgan fingerprint density at radius 2 is 2.18 bits per heavy atom. The summed E-state index contributed by atoms with van der Waals surface area (Å²) in [4.78, 5) is 14.7. The fourth-order valence-electron chi connectivity index (χ4n) is 1.20. The van der Waals surface area contributed by atoms with E-state index in [1.54, 1.807) is 6.07 Å². The summed E-state index contributed by atoms with van der Waals surface area (Å²) in [6.45, 7) is 1.28. The van der Waals surface area contributed by atoms with Gasteiger partial charge in [-0.3, -0.25) is 9.78 Å². The second kappa shape index (κ2) is 6.70. The quantitative estimate of drug-likeness (QED) is 0.700. The molecule has 0 saturated heterocycles. The molecule has 0 bridgehead atoms. The molecule has 2 unspecified atom stereocenters. The van der Waals surface area contributed by atoms with Gasteiger partial charge in [-0.15, -0.1) is 0 Å². The van der Waals surface area contributed by atoms with E-state index in [0.29, 0.717) is 11.3 Å². The van der Waals surface area contributed by atoms with Crippen molar-refractivity contribution in [2.24, 2.45) is 0 Å². The fourth-order valence-corrected chi connectivity index (χ4v) is 1.78. The molecule has 1 rings (SSSR count). The molecule has 0 fully saturated rings. The van der Waals surface area contributed by atoms with E-state index in [4.69, 9.17) is 5.11 Å². The van der Waals surface area contributed by atoms with Crippen molar-refractivity contribution in [2.75, 3.05) is 5.75 Å². The van der Waals surface area contributed by atoms with Crippen LogP contribution in [0.5, 0.6) is 0 Å². The summed E-state index contributed by atoms with van der Waals surface area (Å²) in [5.74, 6) is 0.125. The molecule has 0 radical (unpaired) electrons. The van der Waals surface area contributed by atoms with Crippen LogP contribution < -0.4 is 0 Å². The molecule has 5 nitrogen and oxygen atoms in total. The summed E-state index contributed by atoms with van der Waals surface area (Å²) >= 11 is 0.953. The van der Waals surface area contributed by atoms with Crippen LogP contribution in [0.1, 0.15) is 24.3 Å². The highest BCUT2D eigenvalue weighted by atomic mass is 32.2. The zero-order valence-corrected chi connectivity index (χ0v) is 10.2. The highest BCUT2D eigenvalue weighted by molar-refractivity contribution is 8.13. The molecule has 0 aliphatic heterocycles. The molecule has 1 aromatic heterocycles. The van der Waals surface area contributed by atoms with E-state index in [1.807, 2.05) is 0 Å². The van der Waals surface area contributed by atoms with Crippen molar-refractivity contribution < 1.29 is 20.1 Å². The topological polar surface area (TPSA) is 90.7 Å². The van der Waals surface area contributed by atoms with Crippen LogP contribution in [0.3, 0.4) is 0 Å². The first kappa shape index (κ1) is 14.1. The van der Waals surface area contributed by atoms with Gasteiger partial charge in [0.1, 0.15) is 6.10 Å². The number of thioether (sulfide) groups is 1. The maximum atomic E-state index is 10.7. The Kier molecular flexibility index (Phi) is 5.57. The first-order chi connectivity index (χ1) is 8.04. The van der Waals surface area contributed by atoms with Crippen LogP contribution in [0, 0.1) is 0 Å². The van der Waals surface area contributed by atoms with Gasteiger partial charge in [0, 0.05) is 18.9 Å². The Balaban J connectivity index is 2.60. The number of aliphatic hydroxyl groups is 3. The molecule has 0 spiro atoms. The standard InChI is InChI=1S/C11H15NO4S/c1-7(14)17-6-10(15)11(16)9-3-2-8(5-13)4-12-9/h2-4,10-11,13,15-16H,5-6H2,1H3. The number of hydrogen-bond acceptors (Lipinski definition) is 6. The zero-order valence-electron chi connectivity index (χ0n) is 9.41. The number of aliphatic hydroxyl groups excluding tert-OH is 3. The third-order valence-electron chi connectivity index (χ3n) is 2.16. The molecular weight excluding hydrogens is 242 g/mol. The number of pyridine rings is 1. The normalized spacial score (nSPS) is 14.4. The van der Waals surface area contributed by atoms with Crippen LogP contribution in [-0.2, 0) is 11.4 Å². The number of hydrogen-bond donors (Lipinski definition) is 3. The van der Waals surface area contributed by atoms with E-state index in [2.05, 4.69) is 4.98 Å². The third-order valence-corrected chi connectivity index (χ3v) is 3.07. The van der Waals surface area contributed by atoms with E-state index in [0.717, 1.165) is 11.8 Å². The van der Waals surface area contributed by atoms with Gasteiger partial charge in [-0.1, -0.05) is 17.8 Å². The van der Waals surface area contributed by atoms with Crippen LogP contribution in [0.25, 0.3) is 0 Å². The van der Waals surface area contributed by atoms with E-state index in [-0.39, 0.29) is 17.5 Å². The van der Waals surface area contributed by atoms with Gasteiger partial charge in [0.05, 0.1) is 18.4 Å². The number of carbonyl (C=O) groups excluding carboxylic acids is 1. The van der Waals surface area contributed by atoms with Crippen LogP contribution in [0.2, 0.25) is 0 Å². The minimum Gasteiger partial charge on any atom is -0.392 e.